The van der Waals surface area contributed by atoms with E-state index in [9.17, 15) is 0 Å². The van der Waals surface area contributed by atoms with Crippen LogP contribution < -0.4 is 10.1 Å². The first kappa shape index (κ1) is 12.9. The summed E-state index contributed by atoms with van der Waals surface area (Å²) in [4.78, 5) is 0. The van der Waals surface area contributed by atoms with Gasteiger partial charge in [0.2, 0.25) is 0 Å². The number of ether oxygens (including phenoxy) is 1. The maximum absolute atomic E-state index is 5.86. The first-order chi connectivity index (χ1) is 7.45. The molecule has 0 saturated carbocycles. The molecule has 0 amide bonds. The number of rotatable bonds is 4. The van der Waals surface area contributed by atoms with E-state index in [1.807, 2.05) is 7.05 Å². The standard InChI is InChI=1S/C14H23NO/c1-9(2)12-8-13(15-6)11(5)7-14(12)16-10(3)4/h7-10,15H,1-6H3. The minimum atomic E-state index is 0.220. The van der Waals surface area contributed by atoms with Crippen molar-refractivity contribution in [3.05, 3.63) is 23.3 Å². The van der Waals surface area contributed by atoms with Gasteiger partial charge in [-0.2, -0.15) is 0 Å². The monoisotopic (exact) mass is 221 g/mol. The van der Waals surface area contributed by atoms with Gasteiger partial charge < -0.3 is 10.1 Å². The van der Waals surface area contributed by atoms with Crippen molar-refractivity contribution in [1.82, 2.24) is 0 Å². The van der Waals surface area contributed by atoms with Crippen LogP contribution >= 0.6 is 0 Å². The molecule has 0 heterocycles. The molecule has 0 aromatic heterocycles. The minimum Gasteiger partial charge on any atom is -0.491 e. The van der Waals surface area contributed by atoms with Crippen molar-refractivity contribution in [3.8, 4) is 5.75 Å². The molecule has 16 heavy (non-hydrogen) atoms. The lowest BCUT2D eigenvalue weighted by atomic mass is 9.99. The summed E-state index contributed by atoms with van der Waals surface area (Å²) in [6.07, 6.45) is 0.220. The molecule has 2 nitrogen and oxygen atoms in total. The van der Waals surface area contributed by atoms with Gasteiger partial charge in [0.1, 0.15) is 5.75 Å². The molecule has 1 aromatic carbocycles. The van der Waals surface area contributed by atoms with Crippen molar-refractivity contribution in [2.24, 2.45) is 0 Å². The van der Waals surface area contributed by atoms with Crippen molar-refractivity contribution in [2.75, 3.05) is 12.4 Å². The molecule has 0 radical (unpaired) electrons. The minimum absolute atomic E-state index is 0.220. The Balaban J connectivity index is 3.19. The van der Waals surface area contributed by atoms with E-state index in [2.05, 4.69) is 52.1 Å². The summed E-state index contributed by atoms with van der Waals surface area (Å²) in [6.45, 7) is 10.6. The van der Waals surface area contributed by atoms with E-state index in [1.165, 1.54) is 16.8 Å². The molecule has 90 valence electrons. The Morgan fingerprint density at radius 2 is 1.75 bits per heavy atom. The van der Waals surface area contributed by atoms with E-state index >= 15 is 0 Å². The molecule has 2 heteroatoms. The topological polar surface area (TPSA) is 21.3 Å². The summed E-state index contributed by atoms with van der Waals surface area (Å²) < 4.78 is 5.86. The van der Waals surface area contributed by atoms with Crippen molar-refractivity contribution in [2.45, 2.75) is 46.6 Å². The molecule has 0 saturated heterocycles. The average molecular weight is 221 g/mol. The molecule has 1 aromatic rings. The number of hydrogen-bond donors (Lipinski definition) is 1. The molecule has 0 atom stereocenters. The Morgan fingerprint density at radius 1 is 1.12 bits per heavy atom. The van der Waals surface area contributed by atoms with Gasteiger partial charge in [0.25, 0.3) is 0 Å². The van der Waals surface area contributed by atoms with Crippen LogP contribution in [0.1, 0.15) is 44.7 Å². The van der Waals surface area contributed by atoms with Gasteiger partial charge in [0, 0.05) is 12.7 Å². The van der Waals surface area contributed by atoms with Crippen LogP contribution in [0.3, 0.4) is 0 Å². The summed E-state index contributed by atoms with van der Waals surface area (Å²) in [5.41, 5.74) is 3.67. The Hall–Kier alpha value is -1.18. The fourth-order valence-corrected chi connectivity index (χ4v) is 1.77. The number of aryl methyl sites for hydroxylation is 1. The van der Waals surface area contributed by atoms with Crippen molar-refractivity contribution in [3.63, 3.8) is 0 Å². The van der Waals surface area contributed by atoms with Gasteiger partial charge in [-0.15, -0.1) is 0 Å². The summed E-state index contributed by atoms with van der Waals surface area (Å²) in [5, 5.41) is 3.22. The zero-order chi connectivity index (χ0) is 12.3. The van der Waals surface area contributed by atoms with E-state index in [0.717, 1.165) is 5.75 Å². The predicted molar refractivity (Wildman–Crippen MR) is 70.6 cm³/mol. The van der Waals surface area contributed by atoms with Gasteiger partial charge in [-0.1, -0.05) is 13.8 Å². The van der Waals surface area contributed by atoms with Gasteiger partial charge in [0.15, 0.2) is 0 Å². The Bertz CT molecular complexity index is 356. The number of anilines is 1. The second-order valence-electron chi connectivity index (χ2n) is 4.78. The van der Waals surface area contributed by atoms with Crippen LogP contribution in [0.2, 0.25) is 0 Å². The third-order valence-corrected chi connectivity index (χ3v) is 2.61. The molecular weight excluding hydrogens is 198 g/mol. The summed E-state index contributed by atoms with van der Waals surface area (Å²) in [7, 11) is 1.95. The third kappa shape index (κ3) is 2.91. The van der Waals surface area contributed by atoms with Crippen LogP contribution in [0.25, 0.3) is 0 Å². The fourth-order valence-electron chi connectivity index (χ4n) is 1.77. The van der Waals surface area contributed by atoms with E-state index in [-0.39, 0.29) is 6.10 Å². The average Bonchev–Trinajstić information content (AvgIpc) is 2.16. The number of nitrogens with one attached hydrogen (secondary N) is 1. The maximum atomic E-state index is 5.86. The van der Waals surface area contributed by atoms with Gasteiger partial charge in [-0.3, -0.25) is 0 Å². The highest BCUT2D eigenvalue weighted by atomic mass is 16.5. The smallest absolute Gasteiger partial charge is 0.123 e. The summed E-state index contributed by atoms with van der Waals surface area (Å²) in [5.74, 6) is 1.49. The summed E-state index contributed by atoms with van der Waals surface area (Å²) >= 11 is 0. The highest BCUT2D eigenvalue weighted by Crippen LogP contribution is 2.32. The first-order valence-corrected chi connectivity index (χ1v) is 5.94. The van der Waals surface area contributed by atoms with E-state index in [1.54, 1.807) is 0 Å². The van der Waals surface area contributed by atoms with E-state index in [4.69, 9.17) is 4.74 Å². The normalized spacial score (nSPS) is 11.0. The van der Waals surface area contributed by atoms with Crippen LogP contribution in [0, 0.1) is 6.92 Å². The lowest BCUT2D eigenvalue weighted by Gasteiger charge is -2.19. The molecular formula is C14H23NO. The van der Waals surface area contributed by atoms with Gasteiger partial charge in [-0.25, -0.2) is 0 Å². The SMILES string of the molecule is CNc1cc(C(C)C)c(OC(C)C)cc1C. The predicted octanol–water partition coefficient (Wildman–Crippen LogP) is 3.95. The van der Waals surface area contributed by atoms with Crippen molar-refractivity contribution in [1.29, 1.82) is 0 Å². The number of hydrogen-bond acceptors (Lipinski definition) is 2. The first-order valence-electron chi connectivity index (χ1n) is 5.94. The molecule has 0 aliphatic heterocycles. The highest BCUT2D eigenvalue weighted by Gasteiger charge is 2.12. The Labute approximate surface area is 99.0 Å². The molecule has 1 rings (SSSR count). The molecule has 0 aliphatic rings. The largest absolute Gasteiger partial charge is 0.491 e. The van der Waals surface area contributed by atoms with Crippen LogP contribution in [-0.2, 0) is 0 Å². The Morgan fingerprint density at radius 3 is 2.19 bits per heavy atom. The molecule has 0 aliphatic carbocycles. The van der Waals surface area contributed by atoms with Gasteiger partial charge in [0.05, 0.1) is 6.10 Å². The lowest BCUT2D eigenvalue weighted by molar-refractivity contribution is 0.239. The Kier molecular flexibility index (Phi) is 4.22. The zero-order valence-corrected chi connectivity index (χ0v) is 11.2. The van der Waals surface area contributed by atoms with Gasteiger partial charge >= 0.3 is 0 Å². The van der Waals surface area contributed by atoms with Crippen LogP contribution in [-0.4, -0.2) is 13.2 Å². The van der Waals surface area contributed by atoms with Crippen LogP contribution in [0.5, 0.6) is 5.75 Å². The molecule has 0 bridgehead atoms. The zero-order valence-electron chi connectivity index (χ0n) is 11.2. The van der Waals surface area contributed by atoms with Crippen molar-refractivity contribution < 1.29 is 4.74 Å². The van der Waals surface area contributed by atoms with Crippen LogP contribution in [0.4, 0.5) is 5.69 Å². The highest BCUT2D eigenvalue weighted by molar-refractivity contribution is 5.57. The molecule has 0 spiro atoms. The van der Waals surface area contributed by atoms with Crippen LogP contribution in [0.15, 0.2) is 12.1 Å². The maximum Gasteiger partial charge on any atom is 0.123 e. The van der Waals surface area contributed by atoms with E-state index < -0.39 is 0 Å². The second kappa shape index (κ2) is 5.24. The molecule has 0 fully saturated rings. The quantitative estimate of drug-likeness (QED) is 0.831. The van der Waals surface area contributed by atoms with Gasteiger partial charge in [-0.05, 0) is 49.9 Å². The van der Waals surface area contributed by atoms with Crippen molar-refractivity contribution >= 4 is 5.69 Å². The molecule has 0 unspecified atom stereocenters. The number of benzene rings is 1. The second-order valence-corrected chi connectivity index (χ2v) is 4.78. The third-order valence-electron chi connectivity index (χ3n) is 2.61. The molecule has 1 N–H and O–H groups in total. The summed E-state index contributed by atoms with van der Waals surface area (Å²) in [6, 6.07) is 4.32. The van der Waals surface area contributed by atoms with E-state index in [0.29, 0.717) is 5.92 Å². The fraction of sp³-hybridized carbons (Fsp3) is 0.571. The lowest BCUT2D eigenvalue weighted by Crippen LogP contribution is -2.09.